The van der Waals surface area contributed by atoms with Crippen LogP contribution in [0.1, 0.15) is 74.9 Å². The summed E-state index contributed by atoms with van der Waals surface area (Å²) >= 11 is 0. The van der Waals surface area contributed by atoms with Crippen molar-refractivity contribution in [2.45, 2.75) is 82.1 Å². The van der Waals surface area contributed by atoms with Crippen molar-refractivity contribution in [2.24, 2.45) is 67.2 Å². The smallest absolute Gasteiger partial charge is 0.201 e. The van der Waals surface area contributed by atoms with Gasteiger partial charge in [-0.25, -0.2) is 36.5 Å². The molecule has 0 bridgehead atoms. The second-order valence-corrected chi connectivity index (χ2v) is 30.7. The van der Waals surface area contributed by atoms with Crippen molar-refractivity contribution in [3.63, 3.8) is 0 Å². The molecule has 0 unspecified atom stereocenters. The minimum atomic E-state index is 0.284. The van der Waals surface area contributed by atoms with E-state index in [2.05, 4.69) is 442 Å². The van der Waals surface area contributed by atoms with Gasteiger partial charge in [0.2, 0.25) is 45.4 Å². The maximum atomic E-state index is 2.35. The van der Waals surface area contributed by atoms with Crippen LogP contribution in [0, 0.1) is 38.5 Å². The lowest BCUT2D eigenvalue weighted by atomic mass is 9.87. The molecule has 15 rings (SSSR count). The third-order valence-electron chi connectivity index (χ3n) is 20.4. The van der Waals surface area contributed by atoms with Crippen molar-refractivity contribution in [1.29, 1.82) is 0 Å². The van der Waals surface area contributed by atoms with Crippen LogP contribution in [0.5, 0.6) is 0 Å². The summed E-state index contributed by atoms with van der Waals surface area (Å²) < 4.78 is 17.7. The van der Waals surface area contributed by atoms with Gasteiger partial charge in [-0.15, -0.1) is 0 Å². The highest BCUT2D eigenvalue weighted by Gasteiger charge is 2.27. The van der Waals surface area contributed by atoms with Gasteiger partial charge in [0.25, 0.3) is 0 Å². The Balaban J connectivity index is 0.000000130. The fraction of sp³-hybridized carbons (Fsp3) is 0.229. The molecule has 0 aliphatic heterocycles. The van der Waals surface area contributed by atoms with E-state index < -0.39 is 0 Å². The molecule has 0 amide bonds. The van der Waals surface area contributed by atoms with Gasteiger partial charge in [0, 0.05) is 118 Å². The predicted octanol–water partition coefficient (Wildman–Crippen LogP) is 18.0. The van der Waals surface area contributed by atoms with Gasteiger partial charge in [-0.2, -0.15) is 0 Å². The van der Waals surface area contributed by atoms with Gasteiger partial charge in [-0.3, -0.25) is 0 Å². The number of pyridine rings is 8. The molecule has 520 valence electrons. The van der Waals surface area contributed by atoms with E-state index in [4.69, 9.17) is 0 Å². The molecule has 104 heavy (non-hydrogen) atoms. The van der Waals surface area contributed by atoms with Gasteiger partial charge >= 0.3 is 0 Å². The molecule has 0 radical (unpaired) electrons. The zero-order valence-electron chi connectivity index (χ0n) is 64.6. The minimum absolute atomic E-state index is 0.284. The molecule has 0 saturated carbocycles. The van der Waals surface area contributed by atoms with Gasteiger partial charge in [-0.1, -0.05) is 108 Å². The Morgan fingerprint density at radius 3 is 1.13 bits per heavy atom. The van der Waals surface area contributed by atoms with Crippen LogP contribution >= 0.6 is 0 Å². The van der Waals surface area contributed by atoms with Crippen LogP contribution in [0.2, 0.25) is 0 Å². The molecule has 0 fully saturated rings. The number of nitrogens with zero attached hydrogens (tertiary/aromatic N) is 8. The number of aryl methyl sites for hydroxylation is 9. The average molecular weight is 1370 g/mol. The number of hydrogen-bond donors (Lipinski definition) is 0. The van der Waals surface area contributed by atoms with E-state index in [0.29, 0.717) is 5.41 Å². The van der Waals surface area contributed by atoms with Gasteiger partial charge < -0.3 is 0 Å². The van der Waals surface area contributed by atoms with Crippen LogP contribution in [-0.2, 0) is 69.2 Å². The number of benzene rings is 7. The van der Waals surface area contributed by atoms with E-state index in [1.807, 2.05) is 0 Å². The second kappa shape index (κ2) is 30.8. The molecule has 8 heteroatoms. The van der Waals surface area contributed by atoms with Crippen molar-refractivity contribution in [2.75, 3.05) is 0 Å². The zero-order chi connectivity index (χ0) is 73.7. The molecule has 0 atom stereocenters. The Morgan fingerprint density at radius 1 is 0.250 bits per heavy atom. The normalized spacial score (nSPS) is 11.4. The molecular weight excluding hydrogens is 1270 g/mol. The first-order valence-corrected chi connectivity index (χ1v) is 36.5. The lowest BCUT2D eigenvalue weighted by molar-refractivity contribution is -0.661. The number of hydrogen-bond acceptors (Lipinski definition) is 0. The van der Waals surface area contributed by atoms with Crippen molar-refractivity contribution in [3.8, 4) is 78.8 Å². The largest absolute Gasteiger partial charge is 0.221 e. The zero-order valence-corrected chi connectivity index (χ0v) is 64.6. The highest BCUT2D eigenvalue weighted by molar-refractivity contribution is 6.24. The molecule has 7 aromatic carbocycles. The Kier molecular flexibility index (Phi) is 21.5. The van der Waals surface area contributed by atoms with E-state index in [-0.39, 0.29) is 5.41 Å². The molecule has 0 spiro atoms. The monoisotopic (exact) mass is 1370 g/mol. The SMILES string of the molecule is Cc1c(-c2cccc[n+]2C)cc2ccccc2c1-c1cccc[n+]1C.Cc1c(-c2cccc[n+]2C)ccc2c3ccccc3c3ccc[n+](C)c3c12.Cc1c(-c2cccc[n+]2C)cccc1-c1cc(CC(C)(C)C)cc[n+]1C.Cc1c(-c2cccc[n+]2C)cccc1-c1ccc(CC(C)(C)C)c[n+]1C. The summed E-state index contributed by atoms with van der Waals surface area (Å²) in [5, 5.41) is 9.16. The quantitative estimate of drug-likeness (QED) is 0.102. The Bertz CT molecular complexity index is 5690. The number of fused-ring (bicyclic) bond motifs is 7. The summed E-state index contributed by atoms with van der Waals surface area (Å²) in [6.07, 6.45) is 19.3. The number of aromatic nitrogens is 8. The van der Waals surface area contributed by atoms with E-state index >= 15 is 0 Å². The molecule has 0 aliphatic carbocycles. The number of rotatable bonds is 9. The Hall–Kier alpha value is -11.2. The van der Waals surface area contributed by atoms with E-state index in [0.717, 1.165) is 12.8 Å². The summed E-state index contributed by atoms with van der Waals surface area (Å²) in [5.74, 6) is 0. The molecular formula is C96H104N8+8. The molecule has 15 aromatic rings. The molecule has 0 N–H and O–H groups in total. The maximum Gasteiger partial charge on any atom is 0.221 e. The predicted molar refractivity (Wildman–Crippen MR) is 429 cm³/mol. The lowest BCUT2D eigenvalue weighted by Gasteiger charge is -2.18. The van der Waals surface area contributed by atoms with Crippen LogP contribution in [0.3, 0.4) is 0 Å². The summed E-state index contributed by atoms with van der Waals surface area (Å²) in [6, 6.07) is 82.8. The van der Waals surface area contributed by atoms with E-state index in [1.165, 1.54) is 155 Å². The molecule has 8 aromatic heterocycles. The van der Waals surface area contributed by atoms with Gasteiger partial charge in [0.1, 0.15) is 56.4 Å². The molecule has 8 nitrogen and oxygen atoms in total. The molecule has 0 aliphatic rings. The standard InChI is InChI=1S/C25H22N2.2C24H30N2.C23H22N2/c1-17-18(23-12-6-7-15-26(23)2)13-14-21-19-9-4-5-10-20(19)22-11-8-16-27(3)25(22)24(17)21;1-18-20(22-12-7-8-15-25(22)5)10-9-11-21(18)23-14-13-19(17-26(23)6)16-24(2,3)4;1-18-20(22-12-7-8-14-25(22)5)10-9-11-21(18)23-16-19(13-15-26(23)6)17-24(2,3)4;1-17-20(21-12-6-8-14-24(21)2)16-18-10-4-5-11-19(18)23(17)22-13-7-9-15-25(22)3/h4-16H,1-3H3;7-15,17H,16H2,1-6H3;7-16H,17H2,1-6H3;4-16H,1-3H3/q4*+2. The van der Waals surface area contributed by atoms with Crippen LogP contribution in [0.25, 0.3) is 122 Å². The van der Waals surface area contributed by atoms with Crippen molar-refractivity contribution < 1.29 is 36.5 Å². The van der Waals surface area contributed by atoms with Gasteiger partial charge in [0.15, 0.2) is 49.6 Å². The Labute approximate surface area is 617 Å². The van der Waals surface area contributed by atoms with Crippen LogP contribution in [0.15, 0.2) is 280 Å². The third-order valence-corrected chi connectivity index (χ3v) is 20.4. The van der Waals surface area contributed by atoms with Crippen molar-refractivity contribution >= 4 is 43.2 Å². The third kappa shape index (κ3) is 15.6. The van der Waals surface area contributed by atoms with Gasteiger partial charge in [0.05, 0.1) is 21.9 Å². The lowest BCUT2D eigenvalue weighted by Crippen LogP contribution is -2.32. The maximum absolute atomic E-state index is 2.35. The summed E-state index contributed by atoms with van der Waals surface area (Å²) in [6.45, 7) is 22.7. The van der Waals surface area contributed by atoms with Crippen LogP contribution in [-0.4, -0.2) is 0 Å². The van der Waals surface area contributed by atoms with Gasteiger partial charge in [-0.05, 0) is 185 Å². The minimum Gasteiger partial charge on any atom is -0.201 e. The van der Waals surface area contributed by atoms with Crippen molar-refractivity contribution in [3.05, 3.63) is 313 Å². The fourth-order valence-corrected chi connectivity index (χ4v) is 15.3. The van der Waals surface area contributed by atoms with E-state index in [9.17, 15) is 0 Å². The fourth-order valence-electron chi connectivity index (χ4n) is 15.3. The Morgan fingerprint density at radius 2 is 0.644 bits per heavy atom. The topological polar surface area (TPSA) is 31.0 Å². The first-order chi connectivity index (χ1) is 49.8. The van der Waals surface area contributed by atoms with Crippen LogP contribution in [0.4, 0.5) is 0 Å². The van der Waals surface area contributed by atoms with Crippen molar-refractivity contribution in [1.82, 2.24) is 0 Å². The molecule has 0 saturated heterocycles. The second-order valence-electron chi connectivity index (χ2n) is 30.7. The molecule has 8 heterocycles. The summed E-state index contributed by atoms with van der Waals surface area (Å²) in [7, 11) is 16.9. The summed E-state index contributed by atoms with van der Waals surface area (Å²) in [5.41, 5.74) is 27.6. The van der Waals surface area contributed by atoms with E-state index in [1.54, 1.807) is 0 Å². The summed E-state index contributed by atoms with van der Waals surface area (Å²) in [4.78, 5) is 0. The highest BCUT2D eigenvalue weighted by atomic mass is 15.0. The first kappa shape index (κ1) is 72.6. The van der Waals surface area contributed by atoms with Crippen LogP contribution < -0.4 is 36.5 Å². The highest BCUT2D eigenvalue weighted by Crippen LogP contribution is 2.40. The average Bonchev–Trinajstić information content (AvgIpc) is 0.731. The first-order valence-electron chi connectivity index (χ1n) is 36.5.